The third-order valence-corrected chi connectivity index (χ3v) is 3.75. The van der Waals surface area contributed by atoms with Gasteiger partial charge in [-0.2, -0.15) is 5.06 Å². The Balaban J connectivity index is 1.86. The number of hydrogen-bond acceptors (Lipinski definition) is 3. The van der Waals surface area contributed by atoms with E-state index in [-0.39, 0.29) is 42.1 Å². The van der Waals surface area contributed by atoms with Gasteiger partial charge < -0.3 is 0 Å². The van der Waals surface area contributed by atoms with Crippen LogP contribution >= 0.6 is 0 Å². The Morgan fingerprint density at radius 1 is 1.31 bits per heavy atom. The van der Waals surface area contributed by atoms with Gasteiger partial charge in [-0.05, 0) is 18.3 Å². The monoisotopic (exact) mass is 219 g/mol. The minimum Gasteiger partial charge on any atom is -0.272 e. The van der Waals surface area contributed by atoms with Crippen molar-refractivity contribution >= 4 is 11.8 Å². The molecule has 4 atom stereocenters. The first kappa shape index (κ1) is 9.78. The van der Waals surface area contributed by atoms with Crippen LogP contribution in [0.25, 0.3) is 0 Å². The van der Waals surface area contributed by atoms with Crippen molar-refractivity contribution in [3.8, 4) is 0 Å². The average Bonchev–Trinajstić information content (AvgIpc) is 2.92. The molecule has 4 heteroatoms. The highest BCUT2D eigenvalue weighted by atomic mass is 16.7. The zero-order valence-electron chi connectivity index (χ0n) is 8.83. The van der Waals surface area contributed by atoms with E-state index in [1.807, 2.05) is 0 Å². The summed E-state index contributed by atoms with van der Waals surface area (Å²) in [5.41, 5.74) is 0. The molecule has 3 rings (SSSR count). The number of hydroxylamine groups is 2. The van der Waals surface area contributed by atoms with Crippen molar-refractivity contribution in [2.45, 2.75) is 6.42 Å². The zero-order chi connectivity index (χ0) is 11.3. The summed E-state index contributed by atoms with van der Waals surface area (Å²) in [6, 6.07) is 0. The van der Waals surface area contributed by atoms with E-state index in [4.69, 9.17) is 4.84 Å². The molecule has 84 valence electrons. The Morgan fingerprint density at radius 3 is 2.38 bits per heavy atom. The molecular weight excluding hydrogens is 206 g/mol. The van der Waals surface area contributed by atoms with E-state index in [1.165, 1.54) is 6.08 Å². The van der Waals surface area contributed by atoms with Crippen LogP contribution in [0.3, 0.4) is 0 Å². The van der Waals surface area contributed by atoms with Crippen molar-refractivity contribution < 1.29 is 14.4 Å². The molecule has 1 heterocycles. The van der Waals surface area contributed by atoms with E-state index in [1.54, 1.807) is 0 Å². The van der Waals surface area contributed by atoms with Crippen LogP contribution < -0.4 is 0 Å². The van der Waals surface area contributed by atoms with Gasteiger partial charge in [0.1, 0.15) is 0 Å². The molecule has 2 fully saturated rings. The third kappa shape index (κ3) is 1.08. The summed E-state index contributed by atoms with van der Waals surface area (Å²) in [6.45, 7) is 3.69. The van der Waals surface area contributed by atoms with Gasteiger partial charge in [0, 0.05) is 0 Å². The van der Waals surface area contributed by atoms with Gasteiger partial charge in [-0.3, -0.25) is 14.4 Å². The Morgan fingerprint density at radius 2 is 1.88 bits per heavy atom. The van der Waals surface area contributed by atoms with Crippen molar-refractivity contribution in [3.05, 3.63) is 24.8 Å². The van der Waals surface area contributed by atoms with E-state index >= 15 is 0 Å². The topological polar surface area (TPSA) is 46.6 Å². The summed E-state index contributed by atoms with van der Waals surface area (Å²) in [5, 5.41) is 0.948. The molecule has 2 bridgehead atoms. The normalized spacial score (nSPS) is 39.6. The maximum absolute atomic E-state index is 12.0. The summed E-state index contributed by atoms with van der Waals surface area (Å²) in [5.74, 6) is -0.213. The number of rotatable bonds is 3. The quantitative estimate of drug-likeness (QED) is 0.523. The first-order valence-electron chi connectivity index (χ1n) is 5.54. The number of hydrogen-bond donors (Lipinski definition) is 0. The SMILES string of the molecule is C=CCON1C(=O)[C@@H]2[C@H](C1=O)[C@@H]1C=C[C@H]2C1. The molecule has 16 heavy (non-hydrogen) atoms. The van der Waals surface area contributed by atoms with Crippen molar-refractivity contribution in [2.75, 3.05) is 6.61 Å². The molecule has 0 radical (unpaired) electrons. The predicted molar refractivity (Wildman–Crippen MR) is 55.7 cm³/mol. The number of carbonyl (C=O) groups excluding carboxylic acids is 2. The second kappa shape index (κ2) is 3.28. The van der Waals surface area contributed by atoms with Crippen molar-refractivity contribution in [2.24, 2.45) is 23.7 Å². The Labute approximate surface area is 93.5 Å². The Kier molecular flexibility index (Phi) is 2.01. The third-order valence-electron chi connectivity index (χ3n) is 3.75. The first-order valence-corrected chi connectivity index (χ1v) is 5.54. The molecule has 1 aliphatic heterocycles. The smallest absolute Gasteiger partial charge is 0.258 e. The van der Waals surface area contributed by atoms with Gasteiger partial charge in [-0.1, -0.05) is 18.2 Å². The minimum atomic E-state index is -0.174. The average molecular weight is 219 g/mol. The highest BCUT2D eigenvalue weighted by Crippen LogP contribution is 2.52. The van der Waals surface area contributed by atoms with Crippen LogP contribution in [0, 0.1) is 23.7 Å². The van der Waals surface area contributed by atoms with Crippen LogP contribution in [0.4, 0.5) is 0 Å². The van der Waals surface area contributed by atoms with Gasteiger partial charge in [0.2, 0.25) is 0 Å². The van der Waals surface area contributed by atoms with E-state index < -0.39 is 0 Å². The van der Waals surface area contributed by atoms with Crippen molar-refractivity contribution in [3.63, 3.8) is 0 Å². The molecule has 2 amide bonds. The number of imide groups is 1. The summed E-state index contributed by atoms with van der Waals surface area (Å²) >= 11 is 0. The summed E-state index contributed by atoms with van der Waals surface area (Å²) in [6.07, 6.45) is 6.60. The fourth-order valence-electron chi connectivity index (χ4n) is 3.13. The second-order valence-corrected chi connectivity index (χ2v) is 4.56. The molecular formula is C12H13NO3. The number of allylic oxidation sites excluding steroid dienone is 2. The minimum absolute atomic E-state index is 0.172. The number of carbonyl (C=O) groups is 2. The fourth-order valence-corrected chi connectivity index (χ4v) is 3.13. The highest BCUT2D eigenvalue weighted by molar-refractivity contribution is 6.05. The lowest BCUT2D eigenvalue weighted by Crippen LogP contribution is -2.33. The molecule has 2 aliphatic carbocycles. The van der Waals surface area contributed by atoms with Crippen LogP contribution in [-0.2, 0) is 14.4 Å². The van der Waals surface area contributed by atoms with Gasteiger partial charge in [-0.25, -0.2) is 0 Å². The van der Waals surface area contributed by atoms with Crippen LogP contribution in [0.2, 0.25) is 0 Å². The van der Waals surface area contributed by atoms with E-state index in [9.17, 15) is 9.59 Å². The van der Waals surface area contributed by atoms with Crippen LogP contribution in [0.15, 0.2) is 24.8 Å². The molecule has 0 aromatic heterocycles. The van der Waals surface area contributed by atoms with Crippen molar-refractivity contribution in [1.82, 2.24) is 5.06 Å². The van der Waals surface area contributed by atoms with Gasteiger partial charge in [0.05, 0.1) is 18.4 Å². The second-order valence-electron chi connectivity index (χ2n) is 4.56. The Bertz CT molecular complexity index is 371. The molecule has 0 unspecified atom stereocenters. The van der Waals surface area contributed by atoms with E-state index in [0.717, 1.165) is 11.5 Å². The standard InChI is InChI=1S/C12H13NO3/c1-2-5-16-13-11(14)9-7-3-4-8(6-7)10(9)12(13)15/h2-4,7-10H,1,5-6H2/t7-,8+,9-,10+. The molecule has 0 N–H and O–H groups in total. The first-order chi connectivity index (χ1) is 7.74. The predicted octanol–water partition coefficient (Wildman–Crippen LogP) is 0.911. The number of nitrogens with zero attached hydrogens (tertiary/aromatic N) is 1. The molecule has 1 saturated carbocycles. The molecule has 4 nitrogen and oxygen atoms in total. The van der Waals surface area contributed by atoms with Gasteiger partial charge in [0.25, 0.3) is 11.8 Å². The van der Waals surface area contributed by atoms with Crippen molar-refractivity contribution in [1.29, 1.82) is 0 Å². The van der Waals surface area contributed by atoms with Gasteiger partial charge in [-0.15, -0.1) is 6.58 Å². The highest BCUT2D eigenvalue weighted by Gasteiger charge is 2.59. The van der Waals surface area contributed by atoms with E-state index in [2.05, 4.69) is 18.7 Å². The lowest BCUT2D eigenvalue weighted by atomic mass is 9.85. The Hall–Kier alpha value is -1.42. The number of amides is 2. The fraction of sp³-hybridized carbons (Fsp3) is 0.500. The maximum Gasteiger partial charge on any atom is 0.258 e. The lowest BCUT2D eigenvalue weighted by molar-refractivity contribution is -0.186. The maximum atomic E-state index is 12.0. The summed E-state index contributed by atoms with van der Waals surface area (Å²) in [4.78, 5) is 29.1. The number of fused-ring (bicyclic) bond motifs is 5. The summed E-state index contributed by atoms with van der Waals surface area (Å²) < 4.78 is 0. The molecule has 0 aromatic rings. The van der Waals surface area contributed by atoms with Crippen LogP contribution in [0.1, 0.15) is 6.42 Å². The molecule has 0 aromatic carbocycles. The molecule has 3 aliphatic rings. The van der Waals surface area contributed by atoms with Gasteiger partial charge in [0.15, 0.2) is 0 Å². The zero-order valence-corrected chi connectivity index (χ0v) is 8.83. The van der Waals surface area contributed by atoms with Crippen LogP contribution in [-0.4, -0.2) is 23.5 Å². The summed E-state index contributed by atoms with van der Waals surface area (Å²) in [7, 11) is 0. The van der Waals surface area contributed by atoms with E-state index in [0.29, 0.717) is 0 Å². The van der Waals surface area contributed by atoms with Gasteiger partial charge >= 0.3 is 0 Å². The largest absolute Gasteiger partial charge is 0.272 e. The molecule has 0 spiro atoms. The molecule has 1 saturated heterocycles. The van der Waals surface area contributed by atoms with Crippen LogP contribution in [0.5, 0.6) is 0 Å². The lowest BCUT2D eigenvalue weighted by Gasteiger charge is -2.15.